The fraction of sp³-hybridized carbons (Fsp3) is 0.455. The molecule has 0 atom stereocenters. The largest absolute Gasteiger partial charge is 0.460 e. The second-order valence-corrected chi connectivity index (χ2v) is 3.21. The molecule has 0 fully saturated rings. The predicted octanol–water partition coefficient (Wildman–Crippen LogP) is 0.935. The van der Waals surface area contributed by atoms with Crippen molar-refractivity contribution in [2.24, 2.45) is 0 Å². The fourth-order valence-electron chi connectivity index (χ4n) is 0.693. The molecular weight excluding hydrogens is 212 g/mol. The number of hydrogen-bond acceptors (Lipinski definition) is 5. The molecule has 0 aromatic carbocycles. The lowest BCUT2D eigenvalue weighted by atomic mass is 10.2. The van der Waals surface area contributed by atoms with Gasteiger partial charge in [0.15, 0.2) is 0 Å². The maximum Gasteiger partial charge on any atom is 0.338 e. The van der Waals surface area contributed by atoms with Gasteiger partial charge in [0.2, 0.25) is 0 Å². The minimum atomic E-state index is -0.624. The molecule has 0 aliphatic heterocycles. The van der Waals surface area contributed by atoms with Crippen molar-refractivity contribution in [3.63, 3.8) is 0 Å². The van der Waals surface area contributed by atoms with E-state index in [1.54, 1.807) is 0 Å². The van der Waals surface area contributed by atoms with E-state index in [0.717, 1.165) is 0 Å². The van der Waals surface area contributed by atoms with Gasteiger partial charge < -0.3 is 14.6 Å². The van der Waals surface area contributed by atoms with Crippen molar-refractivity contribution in [2.45, 2.75) is 20.8 Å². The molecule has 0 saturated heterocycles. The predicted molar refractivity (Wildman–Crippen MR) is 57.3 cm³/mol. The molecule has 16 heavy (non-hydrogen) atoms. The third-order valence-corrected chi connectivity index (χ3v) is 1.75. The van der Waals surface area contributed by atoms with Gasteiger partial charge in [-0.1, -0.05) is 6.58 Å². The van der Waals surface area contributed by atoms with Gasteiger partial charge in [-0.2, -0.15) is 0 Å². The molecule has 0 aromatic rings. The van der Waals surface area contributed by atoms with Crippen molar-refractivity contribution < 1.29 is 24.2 Å². The first-order valence-corrected chi connectivity index (χ1v) is 4.73. The molecule has 0 radical (unpaired) electrons. The van der Waals surface area contributed by atoms with Crippen LogP contribution in [0.25, 0.3) is 0 Å². The van der Waals surface area contributed by atoms with Gasteiger partial charge in [-0.3, -0.25) is 0 Å². The van der Waals surface area contributed by atoms with E-state index >= 15 is 0 Å². The highest BCUT2D eigenvalue weighted by Crippen LogP contribution is 2.09. The number of carbonyl (C=O) groups excluding carboxylic acids is 2. The second kappa shape index (κ2) is 6.79. The Morgan fingerprint density at radius 1 is 1.19 bits per heavy atom. The quantitative estimate of drug-likeness (QED) is 0.430. The Labute approximate surface area is 94.4 Å². The molecule has 5 heteroatoms. The van der Waals surface area contributed by atoms with Crippen LogP contribution in [0.4, 0.5) is 0 Å². The Balaban J connectivity index is 4.51. The first-order valence-electron chi connectivity index (χ1n) is 4.73. The van der Waals surface area contributed by atoms with Crippen LogP contribution in [0.1, 0.15) is 20.8 Å². The van der Waals surface area contributed by atoms with Crippen LogP contribution < -0.4 is 0 Å². The van der Waals surface area contributed by atoms with E-state index in [4.69, 9.17) is 9.84 Å². The van der Waals surface area contributed by atoms with Gasteiger partial charge >= 0.3 is 11.9 Å². The van der Waals surface area contributed by atoms with Crippen molar-refractivity contribution in [3.8, 4) is 0 Å². The third kappa shape index (κ3) is 4.75. The zero-order valence-electron chi connectivity index (χ0n) is 9.70. The van der Waals surface area contributed by atoms with Gasteiger partial charge in [0.05, 0.1) is 12.2 Å². The first kappa shape index (κ1) is 14.4. The summed E-state index contributed by atoms with van der Waals surface area (Å²) in [6.07, 6.45) is 0. The topological polar surface area (TPSA) is 72.8 Å². The molecule has 0 amide bonds. The lowest BCUT2D eigenvalue weighted by molar-refractivity contribution is -0.140. The van der Waals surface area contributed by atoms with Crippen molar-refractivity contribution in [3.05, 3.63) is 23.5 Å². The smallest absolute Gasteiger partial charge is 0.338 e. The molecule has 0 unspecified atom stereocenters. The average Bonchev–Trinajstić information content (AvgIpc) is 2.24. The molecule has 90 valence electrons. The van der Waals surface area contributed by atoms with Crippen molar-refractivity contribution in [2.75, 3.05) is 13.2 Å². The van der Waals surface area contributed by atoms with Crippen LogP contribution in [0.2, 0.25) is 0 Å². The molecular formula is C11H16O5. The summed E-state index contributed by atoms with van der Waals surface area (Å²) in [4.78, 5) is 22.4. The summed E-state index contributed by atoms with van der Waals surface area (Å²) < 4.78 is 9.51. The van der Waals surface area contributed by atoms with E-state index in [9.17, 15) is 9.59 Å². The lowest BCUT2D eigenvalue weighted by Gasteiger charge is -2.08. The summed E-state index contributed by atoms with van der Waals surface area (Å²) in [7, 11) is 0. The summed E-state index contributed by atoms with van der Waals surface area (Å²) in [6, 6.07) is 0. The minimum Gasteiger partial charge on any atom is -0.460 e. The van der Waals surface area contributed by atoms with E-state index in [-0.39, 0.29) is 30.1 Å². The third-order valence-electron chi connectivity index (χ3n) is 1.75. The second-order valence-electron chi connectivity index (χ2n) is 3.21. The summed E-state index contributed by atoms with van der Waals surface area (Å²) >= 11 is 0. The van der Waals surface area contributed by atoms with E-state index in [1.165, 1.54) is 20.8 Å². The van der Waals surface area contributed by atoms with Crippen LogP contribution >= 0.6 is 0 Å². The summed E-state index contributed by atoms with van der Waals surface area (Å²) in [5.74, 6) is -1.05. The van der Waals surface area contributed by atoms with Crippen LogP contribution in [0.3, 0.4) is 0 Å². The van der Waals surface area contributed by atoms with Gasteiger partial charge in [0.1, 0.15) is 12.4 Å². The highest BCUT2D eigenvalue weighted by atomic mass is 16.6. The lowest BCUT2D eigenvalue weighted by Crippen LogP contribution is -2.13. The van der Waals surface area contributed by atoms with Crippen LogP contribution in [0, 0.1) is 0 Å². The normalized spacial score (nSPS) is 11.5. The Hall–Kier alpha value is -1.62. The average molecular weight is 228 g/mol. The Morgan fingerprint density at radius 2 is 1.75 bits per heavy atom. The summed E-state index contributed by atoms with van der Waals surface area (Å²) in [5, 5.41) is 8.46. The number of hydrogen-bond donors (Lipinski definition) is 1. The Kier molecular flexibility index (Phi) is 6.10. The van der Waals surface area contributed by atoms with E-state index in [2.05, 4.69) is 11.3 Å². The minimum absolute atomic E-state index is 0.0854. The van der Waals surface area contributed by atoms with Gasteiger partial charge in [0, 0.05) is 5.57 Å². The summed E-state index contributed by atoms with van der Waals surface area (Å²) in [5.41, 5.74) is 0.430. The number of rotatable bonds is 5. The first-order chi connectivity index (χ1) is 7.40. The molecule has 0 aliphatic rings. The van der Waals surface area contributed by atoms with Crippen molar-refractivity contribution >= 4 is 11.9 Å². The van der Waals surface area contributed by atoms with Gasteiger partial charge in [-0.15, -0.1) is 0 Å². The number of carbonyl (C=O) groups is 2. The Morgan fingerprint density at radius 3 is 2.19 bits per heavy atom. The zero-order valence-corrected chi connectivity index (χ0v) is 9.70. The van der Waals surface area contributed by atoms with Crippen LogP contribution in [-0.4, -0.2) is 30.3 Å². The van der Waals surface area contributed by atoms with Gasteiger partial charge in [-0.25, -0.2) is 9.59 Å². The highest BCUT2D eigenvalue weighted by Gasteiger charge is 2.13. The molecule has 0 spiro atoms. The molecule has 0 saturated carbocycles. The monoisotopic (exact) mass is 228 g/mol. The van der Waals surface area contributed by atoms with Crippen molar-refractivity contribution in [1.29, 1.82) is 0 Å². The molecule has 0 rings (SSSR count). The van der Waals surface area contributed by atoms with E-state index in [1.807, 2.05) is 0 Å². The molecule has 0 aliphatic carbocycles. The number of aliphatic hydroxyl groups is 1. The number of aliphatic hydroxyl groups excluding tert-OH is 1. The number of esters is 2. The maximum absolute atomic E-state index is 11.3. The molecule has 0 bridgehead atoms. The van der Waals surface area contributed by atoms with E-state index < -0.39 is 11.9 Å². The summed E-state index contributed by atoms with van der Waals surface area (Å²) in [6.45, 7) is 7.55. The SMILES string of the molecule is C=C(C)C(=O)O/C(C)=C(/C)C(=O)OCCO. The fourth-order valence-corrected chi connectivity index (χ4v) is 0.693. The van der Waals surface area contributed by atoms with Gasteiger partial charge in [-0.05, 0) is 20.8 Å². The van der Waals surface area contributed by atoms with E-state index in [0.29, 0.717) is 0 Å². The van der Waals surface area contributed by atoms with Gasteiger partial charge in [0.25, 0.3) is 0 Å². The standard InChI is InChI=1S/C11H16O5/c1-7(2)10(13)16-9(4)8(3)11(14)15-6-5-12/h12H,1,5-6H2,2-4H3/b9-8-. The van der Waals surface area contributed by atoms with Crippen molar-refractivity contribution in [1.82, 2.24) is 0 Å². The Bertz CT molecular complexity index is 327. The maximum atomic E-state index is 11.3. The molecule has 1 N–H and O–H groups in total. The molecule has 0 heterocycles. The molecule has 5 nitrogen and oxygen atoms in total. The molecule has 0 aromatic heterocycles. The van der Waals surface area contributed by atoms with Crippen LogP contribution in [-0.2, 0) is 19.1 Å². The number of ether oxygens (including phenoxy) is 2. The van der Waals surface area contributed by atoms with Crippen LogP contribution in [0.15, 0.2) is 23.5 Å². The zero-order chi connectivity index (χ0) is 12.7. The van der Waals surface area contributed by atoms with Crippen LogP contribution in [0.5, 0.6) is 0 Å². The number of allylic oxidation sites excluding steroid dienone is 1. The highest BCUT2D eigenvalue weighted by molar-refractivity contribution is 5.91.